The average molecular weight is 348 g/mol. The molecule has 132 valence electrons. The topological polar surface area (TPSA) is 82.5 Å². The van der Waals surface area contributed by atoms with Crippen molar-refractivity contribution in [2.24, 2.45) is 0 Å². The van der Waals surface area contributed by atoms with Crippen LogP contribution < -0.4 is 0 Å². The molecule has 4 aromatic rings. The Kier molecular flexibility index (Phi) is 3.99. The smallest absolute Gasteiger partial charge is 0.266 e. The number of fused-ring (bicyclic) bond motifs is 1. The van der Waals surface area contributed by atoms with Gasteiger partial charge in [-0.15, -0.1) is 0 Å². The second-order valence-corrected chi connectivity index (χ2v) is 6.83. The summed E-state index contributed by atoms with van der Waals surface area (Å²) in [5, 5.41) is 4.51. The minimum atomic E-state index is 0.352. The molecular weight excluding hydrogens is 328 g/mol. The van der Waals surface area contributed by atoms with Gasteiger partial charge in [0.1, 0.15) is 12.0 Å². The number of benzene rings is 1. The summed E-state index contributed by atoms with van der Waals surface area (Å²) in [6.45, 7) is 8.73. The van der Waals surface area contributed by atoms with Crippen LogP contribution >= 0.6 is 0 Å². The van der Waals surface area contributed by atoms with Crippen LogP contribution in [0.2, 0.25) is 0 Å². The molecule has 0 amide bonds. The minimum Gasteiger partial charge on any atom is -0.424 e. The van der Waals surface area contributed by atoms with Crippen LogP contribution in [0.5, 0.6) is 0 Å². The number of para-hydroxylation sites is 1. The van der Waals surface area contributed by atoms with E-state index in [9.17, 15) is 0 Å². The van der Waals surface area contributed by atoms with E-state index in [2.05, 4.69) is 70.9 Å². The largest absolute Gasteiger partial charge is 0.424 e. The average Bonchev–Trinajstić information content (AvgIpc) is 3.29. The number of oxazole rings is 1. The fourth-order valence-electron chi connectivity index (χ4n) is 3.11. The molecule has 0 radical (unpaired) electrons. The SMILES string of the molecule is CC(C)c1cccc(C(C)C)c1-n1ncnc1-c1cnc2ocnc2n1. The van der Waals surface area contributed by atoms with E-state index in [0.717, 1.165) is 5.69 Å². The molecule has 3 heterocycles. The van der Waals surface area contributed by atoms with Gasteiger partial charge >= 0.3 is 0 Å². The van der Waals surface area contributed by atoms with Crippen molar-refractivity contribution in [2.45, 2.75) is 39.5 Å². The molecule has 0 saturated heterocycles. The molecule has 7 heteroatoms. The Morgan fingerprint density at radius 2 is 1.69 bits per heavy atom. The Labute approximate surface area is 151 Å². The van der Waals surface area contributed by atoms with Crippen molar-refractivity contribution in [3.63, 3.8) is 0 Å². The third kappa shape index (κ3) is 2.65. The molecular formula is C19H20N6O. The van der Waals surface area contributed by atoms with Gasteiger partial charge in [-0.2, -0.15) is 10.1 Å². The first kappa shape index (κ1) is 16.4. The molecule has 0 spiro atoms. The molecule has 0 N–H and O–H groups in total. The lowest BCUT2D eigenvalue weighted by Crippen LogP contribution is -2.10. The maximum Gasteiger partial charge on any atom is 0.266 e. The van der Waals surface area contributed by atoms with Gasteiger partial charge in [-0.25, -0.2) is 19.6 Å². The van der Waals surface area contributed by atoms with Gasteiger partial charge in [0.2, 0.25) is 5.65 Å². The maximum absolute atomic E-state index is 5.18. The lowest BCUT2D eigenvalue weighted by Gasteiger charge is -2.20. The summed E-state index contributed by atoms with van der Waals surface area (Å²) in [5.41, 5.74) is 4.98. The molecule has 4 rings (SSSR count). The Hall–Kier alpha value is -3.09. The van der Waals surface area contributed by atoms with Crippen molar-refractivity contribution in [3.05, 3.63) is 48.2 Å². The fraction of sp³-hybridized carbons (Fsp3) is 0.316. The monoisotopic (exact) mass is 348 g/mol. The van der Waals surface area contributed by atoms with Gasteiger partial charge in [0.15, 0.2) is 12.2 Å². The zero-order valence-corrected chi connectivity index (χ0v) is 15.2. The molecule has 0 atom stereocenters. The van der Waals surface area contributed by atoms with E-state index < -0.39 is 0 Å². The summed E-state index contributed by atoms with van der Waals surface area (Å²) < 4.78 is 7.04. The number of aromatic nitrogens is 6. The van der Waals surface area contributed by atoms with Gasteiger partial charge in [-0.1, -0.05) is 45.9 Å². The summed E-state index contributed by atoms with van der Waals surface area (Å²) in [6, 6.07) is 6.39. The van der Waals surface area contributed by atoms with Gasteiger partial charge in [-0.05, 0) is 23.0 Å². The second kappa shape index (κ2) is 6.33. The third-order valence-electron chi connectivity index (χ3n) is 4.39. The summed E-state index contributed by atoms with van der Waals surface area (Å²) >= 11 is 0. The molecule has 0 bridgehead atoms. The highest BCUT2D eigenvalue weighted by atomic mass is 16.3. The van der Waals surface area contributed by atoms with E-state index in [1.807, 2.05) is 4.68 Å². The summed E-state index contributed by atoms with van der Waals surface area (Å²) in [7, 11) is 0. The molecule has 0 aliphatic heterocycles. The second-order valence-electron chi connectivity index (χ2n) is 6.83. The van der Waals surface area contributed by atoms with Crippen molar-refractivity contribution in [2.75, 3.05) is 0 Å². The Bertz CT molecular complexity index is 1040. The number of rotatable bonds is 4. The van der Waals surface area contributed by atoms with Gasteiger partial charge in [0.25, 0.3) is 5.71 Å². The molecule has 0 fully saturated rings. The van der Waals surface area contributed by atoms with Crippen LogP contribution in [0.3, 0.4) is 0 Å². The standard InChI is InChI=1S/C19H20N6O/c1-11(2)13-6-5-7-14(12(3)4)16(13)25-18(21-9-23-25)15-8-20-19-17(24-15)22-10-26-19/h5-12H,1-4H3. The highest BCUT2D eigenvalue weighted by Crippen LogP contribution is 2.32. The van der Waals surface area contributed by atoms with Crippen LogP contribution in [0.15, 0.2) is 41.5 Å². The molecule has 0 unspecified atom stereocenters. The molecule has 7 nitrogen and oxygen atoms in total. The van der Waals surface area contributed by atoms with Gasteiger partial charge in [0.05, 0.1) is 11.9 Å². The lowest BCUT2D eigenvalue weighted by molar-refractivity contribution is 0.590. The molecule has 1 aromatic carbocycles. The highest BCUT2D eigenvalue weighted by molar-refractivity contribution is 5.67. The van der Waals surface area contributed by atoms with Crippen LogP contribution in [0, 0.1) is 0 Å². The van der Waals surface area contributed by atoms with E-state index in [4.69, 9.17) is 4.42 Å². The zero-order chi connectivity index (χ0) is 18.3. The van der Waals surface area contributed by atoms with E-state index in [-0.39, 0.29) is 0 Å². The van der Waals surface area contributed by atoms with Crippen LogP contribution in [0.25, 0.3) is 28.6 Å². The van der Waals surface area contributed by atoms with Gasteiger partial charge in [-0.3, -0.25) is 0 Å². The van der Waals surface area contributed by atoms with Crippen LogP contribution in [-0.4, -0.2) is 29.7 Å². The van der Waals surface area contributed by atoms with Gasteiger partial charge in [0, 0.05) is 0 Å². The Morgan fingerprint density at radius 3 is 2.38 bits per heavy atom. The normalized spacial score (nSPS) is 11.8. The van der Waals surface area contributed by atoms with Crippen molar-refractivity contribution in [1.29, 1.82) is 0 Å². The molecule has 0 aliphatic carbocycles. The first-order valence-corrected chi connectivity index (χ1v) is 8.66. The van der Waals surface area contributed by atoms with Crippen molar-refractivity contribution in [3.8, 4) is 17.2 Å². The number of hydrogen-bond donors (Lipinski definition) is 0. The van der Waals surface area contributed by atoms with Crippen LogP contribution in [0.4, 0.5) is 0 Å². The van der Waals surface area contributed by atoms with Gasteiger partial charge < -0.3 is 4.42 Å². The van der Waals surface area contributed by atoms with E-state index in [1.54, 1.807) is 12.5 Å². The predicted molar refractivity (Wildman–Crippen MR) is 98.1 cm³/mol. The predicted octanol–water partition coefficient (Wildman–Crippen LogP) is 4.11. The summed E-state index contributed by atoms with van der Waals surface area (Å²) in [4.78, 5) is 17.3. The molecule has 3 aromatic heterocycles. The van der Waals surface area contributed by atoms with E-state index >= 15 is 0 Å². The maximum atomic E-state index is 5.18. The van der Waals surface area contributed by atoms with Crippen molar-refractivity contribution >= 4 is 11.4 Å². The third-order valence-corrected chi connectivity index (χ3v) is 4.39. The number of hydrogen-bond acceptors (Lipinski definition) is 6. The van der Waals surface area contributed by atoms with Crippen LogP contribution in [0.1, 0.15) is 50.7 Å². The molecule has 0 saturated carbocycles. The van der Waals surface area contributed by atoms with Crippen LogP contribution in [-0.2, 0) is 0 Å². The Morgan fingerprint density at radius 1 is 0.962 bits per heavy atom. The van der Waals surface area contributed by atoms with Crippen molar-refractivity contribution in [1.82, 2.24) is 29.7 Å². The summed E-state index contributed by atoms with van der Waals surface area (Å²) in [5.74, 6) is 1.34. The Balaban J connectivity index is 1.95. The highest BCUT2D eigenvalue weighted by Gasteiger charge is 2.20. The number of nitrogens with zero attached hydrogens (tertiary/aromatic N) is 6. The zero-order valence-electron chi connectivity index (χ0n) is 15.2. The molecule has 0 aliphatic rings. The van der Waals surface area contributed by atoms with Crippen molar-refractivity contribution < 1.29 is 4.42 Å². The fourth-order valence-corrected chi connectivity index (χ4v) is 3.11. The quantitative estimate of drug-likeness (QED) is 0.552. The minimum absolute atomic E-state index is 0.352. The first-order valence-electron chi connectivity index (χ1n) is 8.66. The summed E-state index contributed by atoms with van der Waals surface area (Å²) in [6.07, 6.45) is 4.52. The molecule has 26 heavy (non-hydrogen) atoms. The lowest BCUT2D eigenvalue weighted by atomic mass is 9.92. The van der Waals surface area contributed by atoms with E-state index in [1.165, 1.54) is 17.5 Å². The van der Waals surface area contributed by atoms with E-state index in [0.29, 0.717) is 34.7 Å². The first-order chi connectivity index (χ1) is 12.6.